The molecule has 0 fully saturated rings. The largest absolute Gasteiger partial charge is 0.469 e. The molecule has 0 amide bonds. The van der Waals surface area contributed by atoms with Crippen molar-refractivity contribution in [2.75, 3.05) is 7.11 Å². The van der Waals surface area contributed by atoms with Crippen LogP contribution in [0.25, 0.3) is 0 Å². The molecule has 0 aliphatic carbocycles. The summed E-state index contributed by atoms with van der Waals surface area (Å²) in [7, 11) is 1.33. The maximum absolute atomic E-state index is 10.9. The van der Waals surface area contributed by atoms with Gasteiger partial charge in [-0.15, -0.1) is 0 Å². The first-order chi connectivity index (χ1) is 7.72. The average molecular weight is 222 g/mol. The van der Waals surface area contributed by atoms with Crippen molar-refractivity contribution >= 4 is 5.97 Å². The van der Waals surface area contributed by atoms with Gasteiger partial charge in [-0.25, -0.2) is 0 Å². The maximum Gasteiger partial charge on any atom is 0.308 e. The molecule has 1 unspecified atom stereocenters. The molecule has 0 radical (unpaired) electrons. The van der Waals surface area contributed by atoms with Crippen LogP contribution < -0.4 is 0 Å². The van der Waals surface area contributed by atoms with Gasteiger partial charge in [-0.3, -0.25) is 4.79 Å². The number of carbonyl (C=O) groups excluding carboxylic acids is 1. The van der Waals surface area contributed by atoms with Crippen molar-refractivity contribution in [3.05, 3.63) is 35.9 Å². The molecule has 0 aliphatic rings. The van der Waals surface area contributed by atoms with Gasteiger partial charge in [0, 0.05) is 0 Å². The van der Waals surface area contributed by atoms with E-state index in [9.17, 15) is 9.90 Å². The molecule has 1 atom stereocenters. The molecular formula is C13H18O3. The van der Waals surface area contributed by atoms with E-state index in [4.69, 9.17) is 0 Å². The van der Waals surface area contributed by atoms with Gasteiger partial charge in [0.2, 0.25) is 0 Å². The van der Waals surface area contributed by atoms with Crippen molar-refractivity contribution in [1.29, 1.82) is 0 Å². The second-order valence-electron chi connectivity index (χ2n) is 3.81. The molecule has 3 heteroatoms. The standard InChI is InChI=1S/C13H18O3/c1-16-13(15)10-12(14)9-5-8-11-6-3-2-4-7-11/h2-4,6-7,12,14H,5,8-10H2,1H3. The first kappa shape index (κ1) is 12.7. The molecule has 0 heterocycles. The van der Waals surface area contributed by atoms with E-state index < -0.39 is 6.10 Å². The number of benzene rings is 1. The number of esters is 1. The van der Waals surface area contributed by atoms with Crippen LogP contribution >= 0.6 is 0 Å². The topological polar surface area (TPSA) is 46.5 Å². The molecule has 0 bridgehead atoms. The van der Waals surface area contributed by atoms with E-state index in [0.29, 0.717) is 6.42 Å². The molecule has 16 heavy (non-hydrogen) atoms. The molecule has 0 saturated heterocycles. The second-order valence-corrected chi connectivity index (χ2v) is 3.81. The Kier molecular flexibility index (Phi) is 5.57. The number of methoxy groups -OCH3 is 1. The third-order valence-electron chi connectivity index (χ3n) is 2.48. The van der Waals surface area contributed by atoms with Gasteiger partial charge in [-0.2, -0.15) is 0 Å². The normalized spacial score (nSPS) is 12.1. The zero-order valence-electron chi connectivity index (χ0n) is 9.56. The summed E-state index contributed by atoms with van der Waals surface area (Å²) in [6.07, 6.45) is 1.94. The lowest BCUT2D eigenvalue weighted by molar-refractivity contribution is -0.142. The molecule has 1 aromatic rings. The Balaban J connectivity index is 2.18. The van der Waals surface area contributed by atoms with Crippen LogP contribution in [-0.4, -0.2) is 24.3 Å². The highest BCUT2D eigenvalue weighted by molar-refractivity contribution is 5.69. The number of carbonyl (C=O) groups is 1. The van der Waals surface area contributed by atoms with Crippen molar-refractivity contribution < 1.29 is 14.6 Å². The van der Waals surface area contributed by atoms with Crippen LogP contribution in [0.5, 0.6) is 0 Å². The minimum Gasteiger partial charge on any atom is -0.469 e. The number of ether oxygens (including phenoxy) is 1. The number of aliphatic hydroxyl groups excluding tert-OH is 1. The zero-order valence-corrected chi connectivity index (χ0v) is 9.56. The Morgan fingerprint density at radius 2 is 2.06 bits per heavy atom. The van der Waals surface area contributed by atoms with Crippen LogP contribution in [0.2, 0.25) is 0 Å². The third kappa shape index (κ3) is 4.94. The summed E-state index contributed by atoms with van der Waals surface area (Å²) in [6.45, 7) is 0. The van der Waals surface area contributed by atoms with E-state index in [1.165, 1.54) is 12.7 Å². The maximum atomic E-state index is 10.9. The molecule has 1 rings (SSSR count). The van der Waals surface area contributed by atoms with E-state index in [0.717, 1.165) is 12.8 Å². The molecule has 1 aromatic carbocycles. The summed E-state index contributed by atoms with van der Waals surface area (Å²) in [4.78, 5) is 10.9. The third-order valence-corrected chi connectivity index (χ3v) is 2.48. The van der Waals surface area contributed by atoms with Crippen LogP contribution in [0.15, 0.2) is 30.3 Å². The van der Waals surface area contributed by atoms with Gasteiger partial charge in [0.25, 0.3) is 0 Å². The van der Waals surface area contributed by atoms with Crippen LogP contribution in [0.1, 0.15) is 24.8 Å². The van der Waals surface area contributed by atoms with Crippen LogP contribution in [0.3, 0.4) is 0 Å². The van der Waals surface area contributed by atoms with Crippen molar-refractivity contribution in [3.8, 4) is 0 Å². The highest BCUT2D eigenvalue weighted by atomic mass is 16.5. The van der Waals surface area contributed by atoms with Gasteiger partial charge in [0.15, 0.2) is 0 Å². The fourth-order valence-electron chi connectivity index (χ4n) is 1.56. The summed E-state index contributed by atoms with van der Waals surface area (Å²) >= 11 is 0. The number of hydrogen-bond donors (Lipinski definition) is 1. The van der Waals surface area contributed by atoms with E-state index >= 15 is 0 Å². The Bertz CT molecular complexity index is 308. The first-order valence-electron chi connectivity index (χ1n) is 5.51. The number of hydrogen-bond acceptors (Lipinski definition) is 3. The molecule has 0 spiro atoms. The summed E-state index contributed by atoms with van der Waals surface area (Å²) < 4.78 is 4.49. The SMILES string of the molecule is COC(=O)CC(O)CCCc1ccccc1. The van der Waals surface area contributed by atoms with Crippen molar-refractivity contribution in [1.82, 2.24) is 0 Å². The number of aliphatic hydroxyl groups is 1. The summed E-state index contributed by atoms with van der Waals surface area (Å²) in [5, 5.41) is 9.53. The van der Waals surface area contributed by atoms with Gasteiger partial charge in [-0.05, 0) is 24.8 Å². The predicted molar refractivity (Wildman–Crippen MR) is 62.0 cm³/mol. The predicted octanol–water partition coefficient (Wildman–Crippen LogP) is 1.93. The summed E-state index contributed by atoms with van der Waals surface area (Å²) in [5.74, 6) is -0.354. The number of rotatable bonds is 6. The van der Waals surface area contributed by atoms with Gasteiger partial charge < -0.3 is 9.84 Å². The van der Waals surface area contributed by atoms with Crippen molar-refractivity contribution in [2.24, 2.45) is 0 Å². The molecule has 0 aromatic heterocycles. The Morgan fingerprint density at radius 1 is 1.38 bits per heavy atom. The zero-order chi connectivity index (χ0) is 11.8. The van der Waals surface area contributed by atoms with Crippen LogP contribution in [0, 0.1) is 0 Å². The van der Waals surface area contributed by atoms with E-state index in [2.05, 4.69) is 16.9 Å². The summed E-state index contributed by atoms with van der Waals surface area (Å²) in [6, 6.07) is 10.1. The molecule has 88 valence electrons. The van der Waals surface area contributed by atoms with E-state index in [1.54, 1.807) is 0 Å². The molecular weight excluding hydrogens is 204 g/mol. The Labute approximate surface area is 96.1 Å². The minimum absolute atomic E-state index is 0.0886. The quantitative estimate of drug-likeness (QED) is 0.748. The van der Waals surface area contributed by atoms with E-state index in [1.807, 2.05) is 18.2 Å². The smallest absolute Gasteiger partial charge is 0.308 e. The fourth-order valence-corrected chi connectivity index (χ4v) is 1.56. The fraction of sp³-hybridized carbons (Fsp3) is 0.462. The highest BCUT2D eigenvalue weighted by Crippen LogP contribution is 2.08. The molecule has 1 N–H and O–H groups in total. The monoisotopic (exact) mass is 222 g/mol. The van der Waals surface area contributed by atoms with Crippen LogP contribution in [-0.2, 0) is 16.0 Å². The Morgan fingerprint density at radius 3 is 2.69 bits per heavy atom. The van der Waals surface area contributed by atoms with Gasteiger partial charge >= 0.3 is 5.97 Å². The molecule has 0 saturated carbocycles. The lowest BCUT2D eigenvalue weighted by Gasteiger charge is -2.08. The minimum atomic E-state index is -0.587. The summed E-state index contributed by atoms with van der Waals surface area (Å²) in [5.41, 5.74) is 1.26. The Hall–Kier alpha value is -1.35. The van der Waals surface area contributed by atoms with E-state index in [-0.39, 0.29) is 12.4 Å². The lowest BCUT2D eigenvalue weighted by atomic mass is 10.0. The van der Waals surface area contributed by atoms with Crippen molar-refractivity contribution in [3.63, 3.8) is 0 Å². The highest BCUT2D eigenvalue weighted by Gasteiger charge is 2.10. The van der Waals surface area contributed by atoms with Crippen molar-refractivity contribution in [2.45, 2.75) is 31.8 Å². The molecule has 0 aliphatic heterocycles. The first-order valence-corrected chi connectivity index (χ1v) is 5.51. The second kappa shape index (κ2) is 7.01. The van der Waals surface area contributed by atoms with Crippen LogP contribution in [0.4, 0.5) is 0 Å². The average Bonchev–Trinajstić information content (AvgIpc) is 2.30. The van der Waals surface area contributed by atoms with Gasteiger partial charge in [0.05, 0.1) is 19.6 Å². The van der Waals surface area contributed by atoms with Gasteiger partial charge in [0.1, 0.15) is 0 Å². The lowest BCUT2D eigenvalue weighted by Crippen LogP contribution is -2.14. The molecule has 3 nitrogen and oxygen atoms in total. The number of aryl methyl sites for hydroxylation is 1. The van der Waals surface area contributed by atoms with Gasteiger partial charge in [-0.1, -0.05) is 30.3 Å².